The molecule has 0 unspecified atom stereocenters. The Bertz CT molecular complexity index is 1180. The van der Waals surface area contributed by atoms with Crippen LogP contribution in [0.2, 0.25) is 0 Å². The van der Waals surface area contributed by atoms with Crippen LogP contribution in [-0.4, -0.2) is 63.7 Å². The highest BCUT2D eigenvalue weighted by atomic mass is 16.7. The molecule has 5 rings (SSSR count). The average molecular weight is 442 g/mol. The lowest BCUT2D eigenvalue weighted by molar-refractivity contribution is -0.269. The Morgan fingerprint density at radius 2 is 1.69 bits per heavy atom. The van der Waals surface area contributed by atoms with Crippen molar-refractivity contribution in [1.29, 1.82) is 0 Å². The van der Waals surface area contributed by atoms with Gasteiger partial charge in [-0.3, -0.25) is 9.59 Å². The fourth-order valence-corrected chi connectivity index (χ4v) is 5.07. The molecule has 2 aromatic carbocycles. The van der Waals surface area contributed by atoms with Crippen molar-refractivity contribution in [2.75, 3.05) is 20.3 Å². The molecule has 0 aromatic heterocycles. The van der Waals surface area contributed by atoms with Crippen molar-refractivity contribution in [3.63, 3.8) is 0 Å². The molecule has 1 fully saturated rings. The molecule has 0 saturated carbocycles. The van der Waals surface area contributed by atoms with E-state index in [0.717, 1.165) is 0 Å². The van der Waals surface area contributed by atoms with Gasteiger partial charge in [0.15, 0.2) is 11.6 Å². The lowest BCUT2D eigenvalue weighted by Crippen LogP contribution is -2.57. The molecule has 2 aliphatic carbocycles. The van der Waals surface area contributed by atoms with Crippen LogP contribution < -0.4 is 4.74 Å². The number of aliphatic hydroxyl groups excluding tert-OH is 1. The van der Waals surface area contributed by atoms with Crippen molar-refractivity contribution in [3.8, 4) is 17.2 Å². The molecule has 9 nitrogen and oxygen atoms in total. The minimum atomic E-state index is -1.75. The minimum Gasteiger partial charge on any atom is -0.507 e. The van der Waals surface area contributed by atoms with E-state index < -0.39 is 46.1 Å². The third-order valence-electron chi connectivity index (χ3n) is 6.78. The summed E-state index contributed by atoms with van der Waals surface area (Å²) >= 11 is 0. The molecule has 0 radical (unpaired) electrons. The summed E-state index contributed by atoms with van der Waals surface area (Å²) in [5, 5.41) is 44.3. The average Bonchev–Trinajstić information content (AvgIpc) is 3.22. The zero-order valence-electron chi connectivity index (χ0n) is 17.5. The van der Waals surface area contributed by atoms with E-state index in [9.17, 15) is 30.0 Å². The Kier molecular flexibility index (Phi) is 4.41. The van der Waals surface area contributed by atoms with Crippen LogP contribution in [-0.2, 0) is 15.9 Å². The SMILES string of the molecule is COc1cccc2c1C(=O)c1c(O)c3c(c(O)c1C2=O)C[C@](O)(C1(C)OCCO1)C[C@H]3O. The summed E-state index contributed by atoms with van der Waals surface area (Å²) in [6.45, 7) is 2.02. The smallest absolute Gasteiger partial charge is 0.202 e. The van der Waals surface area contributed by atoms with Crippen LogP contribution in [0.25, 0.3) is 0 Å². The van der Waals surface area contributed by atoms with E-state index >= 15 is 0 Å². The summed E-state index contributed by atoms with van der Waals surface area (Å²) in [5.41, 5.74) is -2.66. The number of carbonyl (C=O) groups excluding carboxylic acids is 2. The van der Waals surface area contributed by atoms with E-state index in [0.29, 0.717) is 0 Å². The number of benzene rings is 2. The van der Waals surface area contributed by atoms with Crippen molar-refractivity contribution in [3.05, 3.63) is 51.6 Å². The first-order chi connectivity index (χ1) is 15.1. The number of rotatable bonds is 2. The van der Waals surface area contributed by atoms with Gasteiger partial charge in [-0.15, -0.1) is 0 Å². The van der Waals surface area contributed by atoms with E-state index in [4.69, 9.17) is 14.2 Å². The van der Waals surface area contributed by atoms with Gasteiger partial charge in [0.2, 0.25) is 5.78 Å². The van der Waals surface area contributed by atoms with Gasteiger partial charge in [-0.25, -0.2) is 0 Å². The monoisotopic (exact) mass is 442 g/mol. The van der Waals surface area contributed by atoms with E-state index in [2.05, 4.69) is 0 Å². The largest absolute Gasteiger partial charge is 0.507 e. The number of phenolic OH excluding ortho intramolecular Hbond substituents is 2. The molecule has 32 heavy (non-hydrogen) atoms. The van der Waals surface area contributed by atoms with Crippen LogP contribution >= 0.6 is 0 Å². The van der Waals surface area contributed by atoms with Crippen molar-refractivity contribution in [2.45, 2.75) is 37.3 Å². The van der Waals surface area contributed by atoms with Crippen molar-refractivity contribution < 1.29 is 44.2 Å². The number of phenols is 2. The second kappa shape index (κ2) is 6.76. The van der Waals surface area contributed by atoms with E-state index in [1.165, 1.54) is 26.2 Å². The summed E-state index contributed by atoms with van der Waals surface area (Å²) in [5.74, 6) is -3.85. The van der Waals surface area contributed by atoms with Gasteiger partial charge in [0, 0.05) is 29.5 Å². The Hall–Kier alpha value is -2.98. The van der Waals surface area contributed by atoms with Crippen LogP contribution in [0.5, 0.6) is 17.2 Å². The summed E-state index contributed by atoms with van der Waals surface area (Å²) in [6.07, 6.45) is -1.99. The molecule has 168 valence electrons. The van der Waals surface area contributed by atoms with Gasteiger partial charge in [0.05, 0.1) is 43.1 Å². The number of ether oxygens (including phenoxy) is 3. The summed E-state index contributed by atoms with van der Waals surface area (Å²) < 4.78 is 16.4. The summed E-state index contributed by atoms with van der Waals surface area (Å²) in [6, 6.07) is 4.49. The number of hydrogen-bond acceptors (Lipinski definition) is 9. The van der Waals surface area contributed by atoms with Gasteiger partial charge in [-0.1, -0.05) is 12.1 Å². The van der Waals surface area contributed by atoms with Crippen LogP contribution in [0.4, 0.5) is 0 Å². The second-order valence-corrected chi connectivity index (χ2v) is 8.45. The number of aromatic hydroxyl groups is 2. The third-order valence-corrected chi connectivity index (χ3v) is 6.78. The molecule has 1 aliphatic heterocycles. The zero-order chi connectivity index (χ0) is 23.0. The topological polar surface area (TPSA) is 143 Å². The van der Waals surface area contributed by atoms with Gasteiger partial charge in [0.25, 0.3) is 0 Å². The van der Waals surface area contributed by atoms with Gasteiger partial charge in [0.1, 0.15) is 22.8 Å². The predicted octanol–water partition coefficient (Wildman–Crippen LogP) is 1.36. The Morgan fingerprint density at radius 1 is 1.03 bits per heavy atom. The number of hydrogen-bond donors (Lipinski definition) is 4. The predicted molar refractivity (Wildman–Crippen MR) is 108 cm³/mol. The zero-order valence-corrected chi connectivity index (χ0v) is 17.5. The van der Waals surface area contributed by atoms with Gasteiger partial charge in [-0.2, -0.15) is 0 Å². The highest BCUT2D eigenvalue weighted by molar-refractivity contribution is 6.31. The molecule has 2 atom stereocenters. The summed E-state index contributed by atoms with van der Waals surface area (Å²) in [7, 11) is 1.35. The first-order valence-corrected chi connectivity index (χ1v) is 10.2. The van der Waals surface area contributed by atoms with Crippen LogP contribution in [0.15, 0.2) is 18.2 Å². The maximum Gasteiger partial charge on any atom is 0.202 e. The first-order valence-electron chi connectivity index (χ1n) is 10.2. The molecule has 2 aromatic rings. The van der Waals surface area contributed by atoms with E-state index in [-0.39, 0.29) is 59.6 Å². The van der Waals surface area contributed by atoms with Crippen LogP contribution in [0.1, 0.15) is 62.4 Å². The highest BCUT2D eigenvalue weighted by Gasteiger charge is 2.56. The molecular weight excluding hydrogens is 420 g/mol. The number of ketones is 2. The van der Waals surface area contributed by atoms with Crippen molar-refractivity contribution >= 4 is 11.6 Å². The first kappa shape index (κ1) is 20.9. The quantitative estimate of drug-likeness (QED) is 0.433. The molecule has 9 heteroatoms. The number of carbonyl (C=O) groups is 2. The molecule has 1 saturated heterocycles. The fraction of sp³-hybridized carbons (Fsp3) is 0.391. The normalized spacial score (nSPS) is 25.8. The van der Waals surface area contributed by atoms with E-state index in [1.54, 1.807) is 6.07 Å². The fourth-order valence-electron chi connectivity index (χ4n) is 5.07. The summed E-state index contributed by atoms with van der Waals surface area (Å²) in [4.78, 5) is 26.6. The number of methoxy groups -OCH3 is 1. The maximum atomic E-state index is 13.3. The van der Waals surface area contributed by atoms with E-state index in [1.807, 2.05) is 0 Å². The molecule has 1 heterocycles. The number of aliphatic hydroxyl groups is 2. The van der Waals surface area contributed by atoms with Gasteiger partial charge < -0.3 is 34.6 Å². The van der Waals surface area contributed by atoms with Crippen molar-refractivity contribution in [1.82, 2.24) is 0 Å². The van der Waals surface area contributed by atoms with Crippen LogP contribution in [0, 0.1) is 0 Å². The minimum absolute atomic E-state index is 0.0239. The highest BCUT2D eigenvalue weighted by Crippen LogP contribution is 2.53. The molecule has 4 N–H and O–H groups in total. The standard InChI is InChI=1S/C23H22O9/c1-22(31-6-7-32-22)23(29)8-11-14(12(24)9-23)20(27)17-16(19(11)26)18(25)10-4-3-5-13(30-2)15(10)21(17)28/h3-5,12,24,26-27,29H,6-9H2,1-2H3/t12-,23-/m1/s1. The molecule has 3 aliphatic rings. The van der Waals surface area contributed by atoms with Gasteiger partial charge >= 0.3 is 0 Å². The lowest BCUT2D eigenvalue weighted by atomic mass is 9.70. The number of fused-ring (bicyclic) bond motifs is 3. The van der Waals surface area contributed by atoms with Crippen LogP contribution in [0.3, 0.4) is 0 Å². The molecule has 0 amide bonds. The Morgan fingerprint density at radius 3 is 2.34 bits per heavy atom. The Balaban J connectivity index is 1.73. The lowest BCUT2D eigenvalue weighted by Gasteiger charge is -2.45. The van der Waals surface area contributed by atoms with Gasteiger partial charge in [-0.05, 0) is 13.0 Å². The maximum absolute atomic E-state index is 13.3. The third kappa shape index (κ3) is 2.53. The Labute approximate surface area is 182 Å². The molecule has 0 spiro atoms. The molecule has 0 bridgehead atoms. The van der Waals surface area contributed by atoms with Crippen molar-refractivity contribution in [2.24, 2.45) is 0 Å². The second-order valence-electron chi connectivity index (χ2n) is 8.45. The molecular formula is C23H22O9.